The minimum absolute atomic E-state index is 0.0798. The summed E-state index contributed by atoms with van der Waals surface area (Å²) in [5, 5.41) is 0.355. The largest absolute Gasteiger partial charge is 0.461 e. The number of aryl methyl sites for hydroxylation is 1. The molecule has 2 unspecified atom stereocenters. The maximum absolute atomic E-state index is 12.9. The molecule has 1 aliphatic rings. The van der Waals surface area contributed by atoms with Crippen molar-refractivity contribution in [1.29, 1.82) is 0 Å². The Hall–Kier alpha value is -2.22. The summed E-state index contributed by atoms with van der Waals surface area (Å²) >= 11 is 1.14. The number of rotatable bonds is 6. The van der Waals surface area contributed by atoms with Gasteiger partial charge in [0.15, 0.2) is 0 Å². The maximum Gasteiger partial charge on any atom is 0.348 e. The van der Waals surface area contributed by atoms with Crippen LogP contribution in [0.15, 0.2) is 11.1 Å². The second-order valence-electron chi connectivity index (χ2n) is 8.29. The van der Waals surface area contributed by atoms with Crippen LogP contribution in [0.4, 0.5) is 0 Å². The van der Waals surface area contributed by atoms with E-state index in [1.807, 2.05) is 13.8 Å². The molecule has 2 atom stereocenters. The number of carbonyl (C=O) groups is 2. The molecular formula is C21H28N2O5S. The Bertz CT molecular complexity index is 962. The lowest BCUT2D eigenvalue weighted by molar-refractivity contribution is -0.152. The van der Waals surface area contributed by atoms with Gasteiger partial charge in [0.1, 0.15) is 22.4 Å². The zero-order valence-electron chi connectivity index (χ0n) is 17.4. The molecular weight excluding hydrogens is 392 g/mol. The van der Waals surface area contributed by atoms with Crippen molar-refractivity contribution < 1.29 is 19.1 Å². The first-order valence-electron chi connectivity index (χ1n) is 10.1. The van der Waals surface area contributed by atoms with E-state index >= 15 is 0 Å². The van der Waals surface area contributed by atoms with Crippen LogP contribution in [0.5, 0.6) is 0 Å². The van der Waals surface area contributed by atoms with Gasteiger partial charge in [-0.3, -0.25) is 14.2 Å². The Labute approximate surface area is 174 Å². The Balaban J connectivity index is 1.77. The van der Waals surface area contributed by atoms with Gasteiger partial charge in [-0.1, -0.05) is 27.2 Å². The molecule has 0 saturated heterocycles. The second-order valence-corrected chi connectivity index (χ2v) is 9.29. The predicted octanol–water partition coefficient (Wildman–Crippen LogP) is 3.70. The fourth-order valence-electron chi connectivity index (χ4n) is 3.62. The van der Waals surface area contributed by atoms with E-state index in [0.717, 1.165) is 37.0 Å². The van der Waals surface area contributed by atoms with E-state index in [2.05, 4.69) is 11.9 Å². The van der Waals surface area contributed by atoms with Gasteiger partial charge in [-0.15, -0.1) is 11.3 Å². The van der Waals surface area contributed by atoms with Crippen LogP contribution in [0.25, 0.3) is 10.2 Å². The summed E-state index contributed by atoms with van der Waals surface area (Å²) in [6.07, 6.45) is 5.21. The third kappa shape index (κ3) is 5.04. The van der Waals surface area contributed by atoms with E-state index in [9.17, 15) is 14.4 Å². The average Bonchev–Trinajstić information content (AvgIpc) is 2.99. The van der Waals surface area contributed by atoms with Crippen molar-refractivity contribution in [3.05, 3.63) is 27.1 Å². The van der Waals surface area contributed by atoms with Crippen molar-refractivity contribution in [2.24, 2.45) is 11.8 Å². The third-order valence-electron chi connectivity index (χ3n) is 5.14. The fourth-order valence-corrected chi connectivity index (χ4v) is 4.66. The molecule has 8 heteroatoms. The number of thiophene rings is 1. The summed E-state index contributed by atoms with van der Waals surface area (Å²) < 4.78 is 12.1. The molecule has 2 heterocycles. The molecule has 7 nitrogen and oxygen atoms in total. The predicted molar refractivity (Wildman–Crippen MR) is 111 cm³/mol. The molecule has 29 heavy (non-hydrogen) atoms. The van der Waals surface area contributed by atoms with Crippen LogP contribution in [-0.4, -0.2) is 34.2 Å². The van der Waals surface area contributed by atoms with Gasteiger partial charge < -0.3 is 9.47 Å². The first-order valence-corrected chi connectivity index (χ1v) is 10.9. The highest BCUT2D eigenvalue weighted by molar-refractivity contribution is 7.20. The highest BCUT2D eigenvalue weighted by Crippen LogP contribution is 2.28. The standard InChI is InChI=1S/C21H28N2O5S/c1-12(2)10-27-21(26)18-14(4)17-19(29-18)22-11-23(20(17)25)9-16(24)28-15-7-5-6-13(3)8-15/h11-13,15H,5-10H2,1-4H3. The molecule has 2 aromatic heterocycles. The van der Waals surface area contributed by atoms with Crippen LogP contribution in [-0.2, 0) is 20.8 Å². The second kappa shape index (κ2) is 9.07. The van der Waals surface area contributed by atoms with Crippen LogP contribution in [0, 0.1) is 18.8 Å². The molecule has 2 aromatic rings. The lowest BCUT2D eigenvalue weighted by Gasteiger charge is -2.26. The summed E-state index contributed by atoms with van der Waals surface area (Å²) in [7, 11) is 0. The molecule has 1 aliphatic carbocycles. The van der Waals surface area contributed by atoms with Gasteiger partial charge >= 0.3 is 11.9 Å². The fraction of sp³-hybridized carbons (Fsp3) is 0.619. The molecule has 0 aromatic carbocycles. The number of carbonyl (C=O) groups excluding carboxylic acids is 2. The van der Waals surface area contributed by atoms with Gasteiger partial charge in [-0.25, -0.2) is 9.78 Å². The SMILES string of the molecule is Cc1c(C(=O)OCC(C)C)sc2ncn(CC(=O)OC3CCCC(C)C3)c(=O)c12. The van der Waals surface area contributed by atoms with Gasteiger partial charge in [-0.2, -0.15) is 0 Å². The van der Waals surface area contributed by atoms with Gasteiger partial charge in [0.25, 0.3) is 5.56 Å². The molecule has 0 bridgehead atoms. The number of fused-ring (bicyclic) bond motifs is 1. The molecule has 0 aliphatic heterocycles. The molecule has 0 N–H and O–H groups in total. The summed E-state index contributed by atoms with van der Waals surface area (Å²) in [5.74, 6) is -0.112. The lowest BCUT2D eigenvalue weighted by atomic mass is 9.89. The monoisotopic (exact) mass is 420 g/mol. The van der Waals surface area contributed by atoms with Crippen molar-refractivity contribution in [3.8, 4) is 0 Å². The third-order valence-corrected chi connectivity index (χ3v) is 6.32. The van der Waals surface area contributed by atoms with E-state index in [0.29, 0.717) is 33.2 Å². The Morgan fingerprint density at radius 1 is 1.34 bits per heavy atom. The minimum atomic E-state index is -0.448. The number of ether oxygens (including phenoxy) is 2. The van der Waals surface area contributed by atoms with Gasteiger partial charge in [-0.05, 0) is 43.6 Å². The summed E-state index contributed by atoms with van der Waals surface area (Å²) in [6.45, 7) is 7.91. The highest BCUT2D eigenvalue weighted by Gasteiger charge is 2.24. The Morgan fingerprint density at radius 3 is 2.79 bits per heavy atom. The molecule has 158 valence electrons. The van der Waals surface area contributed by atoms with Crippen molar-refractivity contribution in [2.45, 2.75) is 66.0 Å². The number of aromatic nitrogens is 2. The maximum atomic E-state index is 12.9. The van der Waals surface area contributed by atoms with Crippen LogP contribution < -0.4 is 5.56 Å². The average molecular weight is 421 g/mol. The summed E-state index contributed by atoms with van der Waals surface area (Å²) in [4.78, 5) is 42.7. The van der Waals surface area contributed by atoms with E-state index in [4.69, 9.17) is 9.47 Å². The van der Waals surface area contributed by atoms with E-state index < -0.39 is 11.9 Å². The van der Waals surface area contributed by atoms with Crippen molar-refractivity contribution in [2.75, 3.05) is 6.61 Å². The first-order chi connectivity index (χ1) is 13.8. The molecule has 0 amide bonds. The van der Waals surface area contributed by atoms with E-state index in [1.165, 1.54) is 10.9 Å². The Kier molecular flexibility index (Phi) is 6.72. The highest BCUT2D eigenvalue weighted by atomic mass is 32.1. The normalized spacial score (nSPS) is 19.5. The summed E-state index contributed by atoms with van der Waals surface area (Å²) in [5.41, 5.74) is 0.195. The lowest BCUT2D eigenvalue weighted by Crippen LogP contribution is -2.30. The van der Waals surface area contributed by atoms with Crippen LogP contribution in [0.1, 0.15) is 61.7 Å². The van der Waals surface area contributed by atoms with Crippen LogP contribution in [0.3, 0.4) is 0 Å². The molecule has 0 spiro atoms. The van der Waals surface area contributed by atoms with Crippen molar-refractivity contribution >= 4 is 33.5 Å². The Morgan fingerprint density at radius 2 is 2.10 bits per heavy atom. The molecule has 3 rings (SSSR count). The number of hydrogen-bond donors (Lipinski definition) is 0. The summed E-state index contributed by atoms with van der Waals surface area (Å²) in [6, 6.07) is 0. The first kappa shape index (κ1) is 21.5. The quantitative estimate of drug-likeness (QED) is 0.662. The van der Waals surface area contributed by atoms with Gasteiger partial charge in [0.05, 0.1) is 18.3 Å². The number of nitrogens with zero attached hydrogens (tertiary/aromatic N) is 2. The molecule has 0 radical (unpaired) electrons. The topological polar surface area (TPSA) is 87.5 Å². The van der Waals surface area contributed by atoms with Gasteiger partial charge in [0, 0.05) is 0 Å². The van der Waals surface area contributed by atoms with Gasteiger partial charge in [0.2, 0.25) is 0 Å². The van der Waals surface area contributed by atoms with Crippen LogP contribution in [0.2, 0.25) is 0 Å². The van der Waals surface area contributed by atoms with E-state index in [-0.39, 0.29) is 24.1 Å². The number of hydrogen-bond acceptors (Lipinski definition) is 7. The molecule has 1 saturated carbocycles. The zero-order valence-corrected chi connectivity index (χ0v) is 18.2. The molecule has 1 fully saturated rings. The zero-order chi connectivity index (χ0) is 21.1. The van der Waals surface area contributed by atoms with Crippen molar-refractivity contribution in [3.63, 3.8) is 0 Å². The van der Waals surface area contributed by atoms with Crippen LogP contribution >= 0.6 is 11.3 Å². The number of esters is 2. The minimum Gasteiger partial charge on any atom is -0.461 e. The smallest absolute Gasteiger partial charge is 0.348 e. The van der Waals surface area contributed by atoms with Crippen molar-refractivity contribution in [1.82, 2.24) is 9.55 Å². The van der Waals surface area contributed by atoms with E-state index in [1.54, 1.807) is 6.92 Å².